The van der Waals surface area contributed by atoms with E-state index in [-0.39, 0.29) is 35.2 Å². The van der Waals surface area contributed by atoms with Crippen molar-refractivity contribution in [3.05, 3.63) is 11.6 Å². The second-order valence-electron chi connectivity index (χ2n) is 10.3. The zero-order chi connectivity index (χ0) is 21.3. The number of methoxy groups -OCH3 is 1. The maximum Gasteiger partial charge on any atom is 0.308 e. The summed E-state index contributed by atoms with van der Waals surface area (Å²) in [5.74, 6) is 1.59. The molecule has 8 atom stereocenters. The molecule has 3 aliphatic rings. The Hall–Kier alpha value is -1.16. The van der Waals surface area contributed by atoms with Crippen LogP contribution in [0, 0.1) is 40.9 Å². The van der Waals surface area contributed by atoms with Gasteiger partial charge in [0.1, 0.15) is 0 Å². The van der Waals surface area contributed by atoms with E-state index in [1.807, 2.05) is 19.9 Å². The van der Waals surface area contributed by atoms with Gasteiger partial charge in [0.15, 0.2) is 5.78 Å². The normalized spacial score (nSPS) is 43.4. The first-order valence-corrected chi connectivity index (χ1v) is 11.7. The van der Waals surface area contributed by atoms with Gasteiger partial charge in [0.2, 0.25) is 0 Å². The fourth-order valence-corrected chi connectivity index (χ4v) is 7.16. The summed E-state index contributed by atoms with van der Waals surface area (Å²) in [6, 6.07) is 0. The van der Waals surface area contributed by atoms with E-state index in [1.54, 1.807) is 0 Å². The van der Waals surface area contributed by atoms with Crippen molar-refractivity contribution in [1.82, 2.24) is 0 Å². The standard InChI is InChI=1S/C25H40O4/c1-6-17-8-10-18(26)9-7-15(2)19-13-14-25(4)20(16(3)24(28)29-5)11-12-21(25)22(19)23(17)27/h6,15-16,18-22,26H,7-14H2,1-5H3/b17-6+/t15?,16-,18+,19+,20?,21-,22+,25?/m0/s1. The van der Waals surface area contributed by atoms with E-state index >= 15 is 0 Å². The SMILES string of the molecule is C/C=C1\CC[C@H](O)CCC(C)[C@H]2CCC3(C)C([C@H](C)C(=O)OC)CC[C@H]3[C@@H]2C1=O. The van der Waals surface area contributed by atoms with Crippen molar-refractivity contribution in [2.24, 2.45) is 40.9 Å². The Morgan fingerprint density at radius 2 is 1.93 bits per heavy atom. The Balaban J connectivity index is 1.95. The molecule has 3 rings (SSSR count). The fraction of sp³-hybridized carbons (Fsp3) is 0.840. The van der Waals surface area contributed by atoms with Gasteiger partial charge in [-0.15, -0.1) is 0 Å². The molecule has 1 N–H and O–H groups in total. The number of hydrogen-bond acceptors (Lipinski definition) is 4. The van der Waals surface area contributed by atoms with Gasteiger partial charge in [-0.2, -0.15) is 0 Å². The number of esters is 1. The van der Waals surface area contributed by atoms with Crippen LogP contribution in [0.5, 0.6) is 0 Å². The van der Waals surface area contributed by atoms with Crippen LogP contribution in [-0.2, 0) is 14.3 Å². The van der Waals surface area contributed by atoms with E-state index in [0.717, 1.165) is 44.1 Å². The lowest BCUT2D eigenvalue weighted by molar-refractivity contribution is -0.149. The summed E-state index contributed by atoms with van der Waals surface area (Å²) in [6.07, 6.45) is 9.02. The summed E-state index contributed by atoms with van der Waals surface area (Å²) >= 11 is 0. The van der Waals surface area contributed by atoms with E-state index < -0.39 is 0 Å². The lowest BCUT2D eigenvalue weighted by Gasteiger charge is -2.51. The smallest absolute Gasteiger partial charge is 0.308 e. The van der Waals surface area contributed by atoms with Crippen molar-refractivity contribution in [2.45, 2.75) is 85.2 Å². The molecule has 0 saturated heterocycles. The monoisotopic (exact) mass is 404 g/mol. The molecule has 3 unspecified atom stereocenters. The van der Waals surface area contributed by atoms with Gasteiger partial charge in [-0.25, -0.2) is 0 Å². The number of aliphatic hydroxyl groups excluding tert-OH is 1. The zero-order valence-electron chi connectivity index (χ0n) is 18.9. The average molecular weight is 405 g/mol. The van der Waals surface area contributed by atoms with Crippen LogP contribution in [0.3, 0.4) is 0 Å². The Bertz CT molecular complexity index is 653. The maximum absolute atomic E-state index is 13.8. The van der Waals surface area contributed by atoms with E-state index in [4.69, 9.17) is 4.74 Å². The molecular formula is C25H40O4. The summed E-state index contributed by atoms with van der Waals surface area (Å²) < 4.78 is 5.07. The second-order valence-corrected chi connectivity index (χ2v) is 10.3. The minimum atomic E-state index is -0.303. The molecule has 0 spiro atoms. The molecule has 0 amide bonds. The van der Waals surface area contributed by atoms with Crippen LogP contribution in [0.2, 0.25) is 0 Å². The van der Waals surface area contributed by atoms with Crippen LogP contribution in [0.4, 0.5) is 0 Å². The molecule has 29 heavy (non-hydrogen) atoms. The number of aliphatic hydroxyl groups is 1. The molecule has 4 nitrogen and oxygen atoms in total. The number of hydrogen-bond donors (Lipinski definition) is 1. The van der Waals surface area contributed by atoms with Crippen molar-refractivity contribution in [3.63, 3.8) is 0 Å². The molecule has 0 heterocycles. The van der Waals surface area contributed by atoms with Crippen molar-refractivity contribution in [2.75, 3.05) is 7.11 Å². The van der Waals surface area contributed by atoms with Crippen LogP contribution in [0.1, 0.15) is 79.1 Å². The molecule has 3 fully saturated rings. The molecule has 3 aliphatic carbocycles. The number of rotatable bonds is 2. The molecule has 164 valence electrons. The molecular weight excluding hydrogens is 364 g/mol. The first-order chi connectivity index (χ1) is 13.7. The van der Waals surface area contributed by atoms with E-state index in [2.05, 4.69) is 13.8 Å². The largest absolute Gasteiger partial charge is 0.469 e. The highest BCUT2D eigenvalue weighted by Crippen LogP contribution is 2.62. The number of Topliss-reactive ketones (excluding diaryl/α,β-unsaturated/α-hetero) is 1. The minimum absolute atomic E-state index is 0.0205. The zero-order valence-corrected chi connectivity index (χ0v) is 18.9. The van der Waals surface area contributed by atoms with Gasteiger partial charge in [0.25, 0.3) is 0 Å². The van der Waals surface area contributed by atoms with Gasteiger partial charge in [0.05, 0.1) is 19.1 Å². The molecule has 0 aromatic carbocycles. The third-order valence-electron chi connectivity index (χ3n) is 8.97. The van der Waals surface area contributed by atoms with Crippen LogP contribution in [-0.4, -0.2) is 30.1 Å². The number of allylic oxidation sites excluding steroid dienone is 2. The third kappa shape index (κ3) is 4.06. The molecule has 0 aromatic rings. The Kier molecular flexibility index (Phi) is 6.92. The number of ketones is 1. The second kappa shape index (κ2) is 8.91. The minimum Gasteiger partial charge on any atom is -0.469 e. The maximum atomic E-state index is 13.8. The predicted octanol–water partition coefficient (Wildman–Crippen LogP) is 4.94. The van der Waals surface area contributed by atoms with Gasteiger partial charge < -0.3 is 9.84 Å². The molecule has 0 aliphatic heterocycles. The molecule has 0 radical (unpaired) electrons. The highest BCUT2D eigenvalue weighted by atomic mass is 16.5. The number of carbonyl (C=O) groups excluding carboxylic acids is 2. The van der Waals surface area contributed by atoms with Crippen LogP contribution in [0.15, 0.2) is 11.6 Å². The summed E-state index contributed by atoms with van der Waals surface area (Å²) in [4.78, 5) is 26.1. The average Bonchev–Trinajstić information content (AvgIpc) is 3.06. The fourth-order valence-electron chi connectivity index (χ4n) is 7.16. The van der Waals surface area contributed by atoms with Crippen molar-refractivity contribution in [3.8, 4) is 0 Å². The van der Waals surface area contributed by atoms with Crippen LogP contribution in [0.25, 0.3) is 0 Å². The molecule has 4 heteroatoms. The van der Waals surface area contributed by atoms with E-state index in [0.29, 0.717) is 36.4 Å². The van der Waals surface area contributed by atoms with Crippen LogP contribution < -0.4 is 0 Å². The summed E-state index contributed by atoms with van der Waals surface area (Å²) in [6.45, 7) is 8.58. The van der Waals surface area contributed by atoms with Gasteiger partial charge in [0, 0.05) is 5.92 Å². The summed E-state index contributed by atoms with van der Waals surface area (Å²) in [7, 11) is 1.48. The number of ether oxygens (including phenoxy) is 1. The Morgan fingerprint density at radius 3 is 2.59 bits per heavy atom. The van der Waals surface area contributed by atoms with E-state index in [9.17, 15) is 14.7 Å². The molecule has 0 bridgehead atoms. The molecule has 3 saturated carbocycles. The molecule has 0 aromatic heterocycles. The van der Waals surface area contributed by atoms with E-state index in [1.165, 1.54) is 7.11 Å². The summed E-state index contributed by atoms with van der Waals surface area (Å²) in [5.41, 5.74) is 0.925. The third-order valence-corrected chi connectivity index (χ3v) is 8.97. The number of fused-ring (bicyclic) bond motifs is 3. The topological polar surface area (TPSA) is 63.6 Å². The van der Waals surface area contributed by atoms with Crippen LogP contribution >= 0.6 is 0 Å². The first kappa shape index (κ1) is 22.5. The van der Waals surface area contributed by atoms with Crippen molar-refractivity contribution < 1.29 is 19.4 Å². The Morgan fingerprint density at radius 1 is 1.21 bits per heavy atom. The van der Waals surface area contributed by atoms with Gasteiger partial charge in [-0.05, 0) is 93.0 Å². The highest BCUT2D eigenvalue weighted by Gasteiger charge is 2.58. The lowest BCUT2D eigenvalue weighted by Crippen LogP contribution is -2.48. The quantitative estimate of drug-likeness (QED) is 0.523. The lowest BCUT2D eigenvalue weighted by atomic mass is 9.53. The van der Waals surface area contributed by atoms with Gasteiger partial charge in [-0.1, -0.05) is 26.8 Å². The van der Waals surface area contributed by atoms with Crippen molar-refractivity contribution >= 4 is 11.8 Å². The van der Waals surface area contributed by atoms with Gasteiger partial charge in [-0.3, -0.25) is 9.59 Å². The highest BCUT2D eigenvalue weighted by molar-refractivity contribution is 5.97. The number of carbonyl (C=O) groups is 2. The Labute approximate surface area is 176 Å². The predicted molar refractivity (Wildman–Crippen MR) is 114 cm³/mol. The summed E-state index contributed by atoms with van der Waals surface area (Å²) in [5, 5.41) is 10.3. The van der Waals surface area contributed by atoms with Crippen molar-refractivity contribution in [1.29, 1.82) is 0 Å². The first-order valence-electron chi connectivity index (χ1n) is 11.7. The van der Waals surface area contributed by atoms with Gasteiger partial charge >= 0.3 is 5.97 Å².